The van der Waals surface area contributed by atoms with Crippen LogP contribution in [0.15, 0.2) is 16.7 Å². The molecule has 0 aromatic carbocycles. The van der Waals surface area contributed by atoms with E-state index >= 15 is 0 Å². The molecule has 0 spiro atoms. The molecule has 2 heterocycles. The number of anilines is 1. The lowest BCUT2D eigenvalue weighted by atomic mass is 10.0. The number of pyridine rings is 1. The first kappa shape index (κ1) is 12.3. The molecule has 1 saturated heterocycles. The van der Waals surface area contributed by atoms with Crippen LogP contribution in [0.4, 0.5) is 11.5 Å². The molecule has 2 rings (SSSR count). The Bertz CT molecular complexity index is 446. The Balaban J connectivity index is 2.28. The summed E-state index contributed by atoms with van der Waals surface area (Å²) in [7, 11) is 0. The fraction of sp³-hybridized carbons (Fsp3) is 0.500. The Kier molecular flexibility index (Phi) is 3.30. The zero-order valence-electron chi connectivity index (χ0n) is 9.27. The Morgan fingerprint density at radius 1 is 1.71 bits per heavy atom. The Labute approximate surface area is 107 Å². The summed E-state index contributed by atoms with van der Waals surface area (Å²) < 4.78 is 5.87. The van der Waals surface area contributed by atoms with Gasteiger partial charge in [-0.25, -0.2) is 4.98 Å². The van der Waals surface area contributed by atoms with Crippen molar-refractivity contribution in [1.82, 2.24) is 4.98 Å². The van der Waals surface area contributed by atoms with Gasteiger partial charge in [0.1, 0.15) is 0 Å². The minimum Gasteiger partial charge on any atom is -0.379 e. The first-order chi connectivity index (χ1) is 8.00. The van der Waals surface area contributed by atoms with Gasteiger partial charge in [0.05, 0.1) is 17.1 Å². The molecule has 1 atom stereocenters. The normalized spacial score (nSPS) is 23.6. The van der Waals surface area contributed by atoms with Gasteiger partial charge >= 0.3 is 5.69 Å². The van der Waals surface area contributed by atoms with Gasteiger partial charge in [-0.05, 0) is 29.3 Å². The second-order valence-electron chi connectivity index (χ2n) is 4.27. The van der Waals surface area contributed by atoms with E-state index in [4.69, 9.17) is 4.74 Å². The summed E-state index contributed by atoms with van der Waals surface area (Å²) in [6, 6.07) is 1.44. The summed E-state index contributed by atoms with van der Waals surface area (Å²) in [4.78, 5) is 14.5. The smallest absolute Gasteiger partial charge is 0.312 e. The van der Waals surface area contributed by atoms with E-state index in [1.54, 1.807) is 0 Å². The minimum absolute atomic E-state index is 0.0347. The SMILES string of the molecule is CC1(Nc2ncc(Br)cc2[N+](=O)[O-])CCOC1. The van der Waals surface area contributed by atoms with Crippen LogP contribution >= 0.6 is 15.9 Å². The van der Waals surface area contributed by atoms with Crippen molar-refractivity contribution in [1.29, 1.82) is 0 Å². The number of nitrogens with zero attached hydrogens (tertiary/aromatic N) is 2. The zero-order valence-corrected chi connectivity index (χ0v) is 10.9. The maximum absolute atomic E-state index is 10.9. The van der Waals surface area contributed by atoms with E-state index in [1.165, 1.54) is 12.3 Å². The van der Waals surface area contributed by atoms with Crippen molar-refractivity contribution >= 4 is 27.4 Å². The topological polar surface area (TPSA) is 77.3 Å². The van der Waals surface area contributed by atoms with Crippen LogP contribution in [0.25, 0.3) is 0 Å². The maximum Gasteiger partial charge on any atom is 0.312 e. The number of aromatic nitrogens is 1. The van der Waals surface area contributed by atoms with Crippen LogP contribution in [0.3, 0.4) is 0 Å². The highest BCUT2D eigenvalue weighted by Gasteiger charge is 2.32. The number of halogens is 1. The average Bonchev–Trinajstić information content (AvgIpc) is 2.67. The highest BCUT2D eigenvalue weighted by molar-refractivity contribution is 9.10. The van der Waals surface area contributed by atoms with Crippen molar-refractivity contribution in [2.75, 3.05) is 18.5 Å². The van der Waals surface area contributed by atoms with Crippen LogP contribution in [-0.2, 0) is 4.74 Å². The molecule has 17 heavy (non-hydrogen) atoms. The van der Waals surface area contributed by atoms with Gasteiger partial charge in [0.15, 0.2) is 0 Å². The van der Waals surface area contributed by atoms with Crippen molar-refractivity contribution < 1.29 is 9.66 Å². The van der Waals surface area contributed by atoms with E-state index in [1.807, 2.05) is 6.92 Å². The first-order valence-corrected chi connectivity index (χ1v) is 5.95. The van der Waals surface area contributed by atoms with E-state index in [0.717, 1.165) is 6.42 Å². The molecule has 0 aliphatic carbocycles. The molecule has 1 aliphatic rings. The van der Waals surface area contributed by atoms with Crippen LogP contribution in [0.5, 0.6) is 0 Å². The van der Waals surface area contributed by atoms with E-state index in [2.05, 4.69) is 26.2 Å². The molecule has 1 unspecified atom stereocenters. The summed E-state index contributed by atoms with van der Waals surface area (Å²) in [5.41, 5.74) is -0.321. The Morgan fingerprint density at radius 2 is 2.47 bits per heavy atom. The van der Waals surface area contributed by atoms with Gasteiger partial charge in [-0.3, -0.25) is 10.1 Å². The molecule has 1 fully saturated rings. The molecule has 0 amide bonds. The number of hydrogen-bond donors (Lipinski definition) is 1. The third-order valence-corrected chi connectivity index (χ3v) is 3.10. The predicted molar refractivity (Wildman–Crippen MR) is 66.1 cm³/mol. The Morgan fingerprint density at radius 3 is 3.06 bits per heavy atom. The lowest BCUT2D eigenvalue weighted by molar-refractivity contribution is -0.384. The molecule has 92 valence electrons. The van der Waals surface area contributed by atoms with Gasteiger partial charge in [-0.15, -0.1) is 0 Å². The van der Waals surface area contributed by atoms with Crippen molar-refractivity contribution in [3.8, 4) is 0 Å². The number of nitro groups is 1. The van der Waals surface area contributed by atoms with Crippen LogP contribution in [-0.4, -0.2) is 28.7 Å². The van der Waals surface area contributed by atoms with Crippen LogP contribution < -0.4 is 5.32 Å². The van der Waals surface area contributed by atoms with E-state index in [9.17, 15) is 10.1 Å². The molecule has 0 bridgehead atoms. The quantitative estimate of drug-likeness (QED) is 0.685. The van der Waals surface area contributed by atoms with Crippen LogP contribution in [0.2, 0.25) is 0 Å². The second-order valence-corrected chi connectivity index (χ2v) is 5.18. The van der Waals surface area contributed by atoms with Crippen molar-refractivity contribution in [3.63, 3.8) is 0 Å². The highest BCUT2D eigenvalue weighted by Crippen LogP contribution is 2.30. The maximum atomic E-state index is 10.9. The number of ether oxygens (including phenoxy) is 1. The summed E-state index contributed by atoms with van der Waals surface area (Å²) in [6.45, 7) is 3.16. The molecule has 7 heteroatoms. The largest absolute Gasteiger partial charge is 0.379 e. The molecular formula is C10H12BrN3O3. The summed E-state index contributed by atoms with van der Waals surface area (Å²) in [5, 5.41) is 14.0. The predicted octanol–water partition coefficient (Wildman–Crippen LogP) is 2.34. The van der Waals surface area contributed by atoms with Crippen molar-refractivity contribution in [2.24, 2.45) is 0 Å². The molecule has 6 nitrogen and oxygen atoms in total. The van der Waals surface area contributed by atoms with Gasteiger partial charge in [0.25, 0.3) is 0 Å². The third kappa shape index (κ3) is 2.73. The summed E-state index contributed by atoms with van der Waals surface area (Å²) in [5.74, 6) is 0.284. The van der Waals surface area contributed by atoms with Gasteiger partial charge in [0, 0.05) is 23.3 Å². The van der Waals surface area contributed by atoms with Gasteiger partial charge < -0.3 is 10.1 Å². The molecule has 1 aromatic rings. The van der Waals surface area contributed by atoms with Crippen molar-refractivity contribution in [2.45, 2.75) is 18.9 Å². The fourth-order valence-electron chi connectivity index (χ4n) is 1.72. The van der Waals surface area contributed by atoms with E-state index in [-0.39, 0.29) is 17.0 Å². The monoisotopic (exact) mass is 301 g/mol. The standard InChI is InChI=1S/C10H12BrN3O3/c1-10(2-3-17-6-10)13-9-8(14(15)16)4-7(11)5-12-9/h4-5H,2-3,6H2,1H3,(H,12,13). The number of rotatable bonds is 3. The molecule has 0 radical (unpaired) electrons. The molecule has 1 aliphatic heterocycles. The van der Waals surface area contributed by atoms with Gasteiger partial charge in [-0.1, -0.05) is 0 Å². The van der Waals surface area contributed by atoms with E-state index in [0.29, 0.717) is 17.7 Å². The zero-order chi connectivity index (χ0) is 12.5. The molecule has 0 saturated carbocycles. The van der Waals surface area contributed by atoms with Gasteiger partial charge in [0.2, 0.25) is 5.82 Å². The Hall–Kier alpha value is -1.21. The van der Waals surface area contributed by atoms with Crippen LogP contribution in [0, 0.1) is 10.1 Å². The summed E-state index contributed by atoms with van der Waals surface area (Å²) in [6.07, 6.45) is 2.34. The molecule has 1 aromatic heterocycles. The summed E-state index contributed by atoms with van der Waals surface area (Å²) >= 11 is 3.17. The average molecular weight is 302 g/mol. The van der Waals surface area contributed by atoms with E-state index < -0.39 is 4.92 Å². The van der Waals surface area contributed by atoms with Gasteiger partial charge in [-0.2, -0.15) is 0 Å². The highest BCUT2D eigenvalue weighted by atomic mass is 79.9. The second kappa shape index (κ2) is 4.58. The lowest BCUT2D eigenvalue weighted by Crippen LogP contribution is -2.35. The van der Waals surface area contributed by atoms with Crippen LogP contribution in [0.1, 0.15) is 13.3 Å². The third-order valence-electron chi connectivity index (χ3n) is 2.67. The molecule has 1 N–H and O–H groups in total. The number of hydrogen-bond acceptors (Lipinski definition) is 5. The molecular weight excluding hydrogens is 290 g/mol. The first-order valence-electron chi connectivity index (χ1n) is 5.16. The minimum atomic E-state index is -0.445. The lowest BCUT2D eigenvalue weighted by Gasteiger charge is -2.23. The van der Waals surface area contributed by atoms with Crippen molar-refractivity contribution in [3.05, 3.63) is 26.9 Å². The fourth-order valence-corrected chi connectivity index (χ4v) is 2.03. The number of nitrogens with one attached hydrogen (secondary N) is 1.